The molecule has 1 aliphatic heterocycles. The second-order valence-electron chi connectivity index (χ2n) is 10.9. The van der Waals surface area contributed by atoms with E-state index in [1.807, 2.05) is 4.57 Å². The highest BCUT2D eigenvalue weighted by Gasteiger charge is 2.43. The van der Waals surface area contributed by atoms with Crippen LogP contribution in [0.1, 0.15) is 52.2 Å². The van der Waals surface area contributed by atoms with Gasteiger partial charge in [-0.15, -0.1) is 11.3 Å². The third-order valence-corrected chi connectivity index (χ3v) is 9.23. The van der Waals surface area contributed by atoms with Crippen molar-refractivity contribution in [1.82, 2.24) is 9.13 Å². The largest absolute Gasteiger partial charge is 0.340 e. The molecule has 4 nitrogen and oxygen atoms in total. The predicted octanol–water partition coefficient (Wildman–Crippen LogP) is 6.15. The van der Waals surface area contributed by atoms with Gasteiger partial charge in [0.25, 0.3) is 5.56 Å². The summed E-state index contributed by atoms with van der Waals surface area (Å²) >= 11 is 1.59. The minimum Gasteiger partial charge on any atom is -0.340 e. The van der Waals surface area contributed by atoms with Gasteiger partial charge in [-0.2, -0.15) is 4.58 Å². The second kappa shape index (κ2) is 9.80. The molecule has 5 heteroatoms. The van der Waals surface area contributed by atoms with Gasteiger partial charge >= 0.3 is 0 Å². The molecule has 0 aliphatic carbocycles. The van der Waals surface area contributed by atoms with Crippen molar-refractivity contribution in [2.75, 3.05) is 6.54 Å². The number of aromatic nitrogens is 2. The van der Waals surface area contributed by atoms with Crippen molar-refractivity contribution < 1.29 is 4.58 Å². The molecular weight excluding hydrogens is 498 g/mol. The van der Waals surface area contributed by atoms with Crippen LogP contribution in [0.15, 0.2) is 71.5 Å². The molecule has 0 fully saturated rings. The number of aryl methyl sites for hydroxylation is 1. The zero-order chi connectivity index (χ0) is 27.3. The molecule has 1 aliphatic rings. The van der Waals surface area contributed by atoms with Gasteiger partial charge in [0, 0.05) is 52.6 Å². The average Bonchev–Trinajstić information content (AvgIpc) is 3.49. The van der Waals surface area contributed by atoms with E-state index in [0.717, 1.165) is 34.3 Å². The van der Waals surface area contributed by atoms with Crippen molar-refractivity contribution in [3.05, 3.63) is 97.4 Å². The highest BCUT2D eigenvalue weighted by Crippen LogP contribution is 2.39. The van der Waals surface area contributed by atoms with Crippen LogP contribution in [0.3, 0.4) is 0 Å². The van der Waals surface area contributed by atoms with Gasteiger partial charge in [0.15, 0.2) is 5.71 Å². The fraction of sp³-hybridized carbons (Fsp3) is 0.294. The highest BCUT2D eigenvalue weighted by atomic mass is 32.1. The Morgan fingerprint density at radius 2 is 1.62 bits per heavy atom. The molecule has 0 saturated carbocycles. The lowest BCUT2D eigenvalue weighted by Crippen LogP contribution is -2.33. The van der Waals surface area contributed by atoms with Crippen LogP contribution in [0.5, 0.6) is 0 Å². The standard InChI is InChI=1S/C34H36N3OS/c1-6-19-37-27-15-11-9-13-24(27)25-20-23(17-18-28(25)37)21-30-33(38)36(8-3)32(39-30)22-31-34(4,5)26-14-10-12-16-29(26)35(31)7-2/h9-18,20-22H,6-8,19H2,1-5H3/q+1. The quantitative estimate of drug-likeness (QED) is 0.240. The first-order valence-corrected chi connectivity index (χ1v) is 14.9. The topological polar surface area (TPSA) is 29.9 Å². The molecule has 0 radical (unpaired) electrons. The molecule has 0 unspecified atom stereocenters. The van der Waals surface area contributed by atoms with Gasteiger partial charge in [0.05, 0.1) is 9.95 Å². The second-order valence-corrected chi connectivity index (χ2v) is 11.9. The molecule has 39 heavy (non-hydrogen) atoms. The Balaban J connectivity index is 1.52. The van der Waals surface area contributed by atoms with Gasteiger partial charge in [-0.25, -0.2) is 0 Å². The third kappa shape index (κ3) is 4.02. The minimum absolute atomic E-state index is 0.0826. The van der Waals surface area contributed by atoms with E-state index < -0.39 is 0 Å². The van der Waals surface area contributed by atoms with E-state index in [9.17, 15) is 4.79 Å². The fourth-order valence-electron chi connectivity index (χ4n) is 6.28. The van der Waals surface area contributed by atoms with E-state index in [2.05, 4.69) is 123 Å². The van der Waals surface area contributed by atoms with E-state index in [1.54, 1.807) is 11.3 Å². The van der Waals surface area contributed by atoms with Crippen molar-refractivity contribution in [2.45, 2.75) is 59.5 Å². The van der Waals surface area contributed by atoms with E-state index in [4.69, 9.17) is 0 Å². The summed E-state index contributed by atoms with van der Waals surface area (Å²) in [6, 6.07) is 23.9. The zero-order valence-electron chi connectivity index (χ0n) is 23.5. The van der Waals surface area contributed by atoms with Crippen molar-refractivity contribution in [3.8, 4) is 0 Å². The van der Waals surface area contributed by atoms with Gasteiger partial charge in [0.2, 0.25) is 5.69 Å². The van der Waals surface area contributed by atoms with E-state index >= 15 is 0 Å². The summed E-state index contributed by atoms with van der Waals surface area (Å²) in [4.78, 5) is 13.6. The van der Waals surface area contributed by atoms with Crippen molar-refractivity contribution in [3.63, 3.8) is 0 Å². The van der Waals surface area contributed by atoms with Crippen LogP contribution in [0.2, 0.25) is 0 Å². The normalized spacial score (nSPS) is 15.7. The number of thiazole rings is 1. The lowest BCUT2D eigenvalue weighted by molar-refractivity contribution is -0.432. The molecule has 198 valence electrons. The van der Waals surface area contributed by atoms with Crippen LogP contribution in [0, 0.1) is 0 Å². The first-order valence-electron chi connectivity index (χ1n) is 14.1. The molecule has 0 amide bonds. The van der Waals surface area contributed by atoms with Gasteiger partial charge in [-0.05, 0) is 64.0 Å². The Morgan fingerprint density at radius 3 is 2.38 bits per heavy atom. The van der Waals surface area contributed by atoms with Crippen LogP contribution in [0.4, 0.5) is 5.69 Å². The van der Waals surface area contributed by atoms with Crippen LogP contribution in [0.25, 0.3) is 34.0 Å². The van der Waals surface area contributed by atoms with Crippen molar-refractivity contribution in [2.24, 2.45) is 0 Å². The third-order valence-electron chi connectivity index (χ3n) is 8.17. The molecule has 0 saturated heterocycles. The smallest absolute Gasteiger partial charge is 0.269 e. The summed E-state index contributed by atoms with van der Waals surface area (Å²) in [5, 5.41) is 2.51. The van der Waals surface area contributed by atoms with Gasteiger partial charge < -0.3 is 4.57 Å². The number of para-hydroxylation sites is 2. The summed E-state index contributed by atoms with van der Waals surface area (Å²) in [6.07, 6.45) is 5.40. The van der Waals surface area contributed by atoms with E-state index in [-0.39, 0.29) is 11.0 Å². The Morgan fingerprint density at radius 1 is 0.872 bits per heavy atom. The number of fused-ring (bicyclic) bond motifs is 4. The number of nitrogens with zero attached hydrogens (tertiary/aromatic N) is 3. The first kappa shape index (κ1) is 25.6. The lowest BCUT2D eigenvalue weighted by atomic mass is 9.81. The Bertz CT molecular complexity index is 1950. The van der Waals surface area contributed by atoms with Crippen LogP contribution in [-0.2, 0) is 18.5 Å². The van der Waals surface area contributed by atoms with Crippen molar-refractivity contribution in [1.29, 1.82) is 0 Å². The molecule has 2 aromatic heterocycles. The monoisotopic (exact) mass is 534 g/mol. The molecule has 0 bridgehead atoms. The summed E-state index contributed by atoms with van der Waals surface area (Å²) in [5.74, 6) is 0. The van der Waals surface area contributed by atoms with E-state index in [0.29, 0.717) is 6.54 Å². The maximum absolute atomic E-state index is 13.6. The summed E-state index contributed by atoms with van der Waals surface area (Å²) < 4.78 is 8.50. The number of hydrogen-bond donors (Lipinski definition) is 0. The lowest BCUT2D eigenvalue weighted by Gasteiger charge is -2.15. The number of hydrogen-bond acceptors (Lipinski definition) is 2. The molecule has 3 aromatic carbocycles. The predicted molar refractivity (Wildman–Crippen MR) is 166 cm³/mol. The van der Waals surface area contributed by atoms with Crippen LogP contribution < -0.4 is 14.8 Å². The highest BCUT2D eigenvalue weighted by molar-refractivity contribution is 7.07. The molecular formula is C34H36N3OS+. The van der Waals surface area contributed by atoms with Crippen LogP contribution >= 0.6 is 11.3 Å². The molecule has 0 atom stereocenters. The molecule has 0 spiro atoms. The summed E-state index contributed by atoms with van der Waals surface area (Å²) in [5.41, 5.74) is 7.37. The maximum atomic E-state index is 13.6. The Hall–Kier alpha value is -3.70. The SMILES string of the molecule is CCCn1c2ccccc2c2cc(C=c3sc(=CC4=[N+](CC)c5ccccc5C4(C)C)n(CC)c3=O)ccc21. The molecule has 6 rings (SSSR count). The van der Waals surface area contributed by atoms with E-state index in [1.165, 1.54) is 38.8 Å². The fourth-order valence-corrected chi connectivity index (χ4v) is 7.39. The van der Waals surface area contributed by atoms with Crippen molar-refractivity contribution >= 4 is 56.7 Å². The number of benzene rings is 3. The van der Waals surface area contributed by atoms with Gasteiger partial charge in [-0.1, -0.05) is 49.4 Å². The minimum atomic E-state index is -0.132. The Labute approximate surface area is 233 Å². The summed E-state index contributed by atoms with van der Waals surface area (Å²) in [7, 11) is 0. The average molecular weight is 535 g/mol. The maximum Gasteiger partial charge on any atom is 0.269 e. The first-order chi connectivity index (χ1) is 18.9. The molecule has 5 aromatic rings. The van der Waals surface area contributed by atoms with Gasteiger partial charge in [-0.3, -0.25) is 9.36 Å². The molecule has 0 N–H and O–H groups in total. The Kier molecular flexibility index (Phi) is 6.43. The van der Waals surface area contributed by atoms with Gasteiger partial charge in [0.1, 0.15) is 11.2 Å². The zero-order valence-corrected chi connectivity index (χ0v) is 24.3. The number of rotatable bonds is 6. The summed E-state index contributed by atoms with van der Waals surface area (Å²) in [6.45, 7) is 13.6. The van der Waals surface area contributed by atoms with Crippen LogP contribution in [-0.4, -0.2) is 26.0 Å². The molecule has 3 heterocycles.